The molecule has 0 saturated heterocycles. The lowest BCUT2D eigenvalue weighted by Crippen LogP contribution is -2.21. The molecule has 0 aromatic heterocycles. The Bertz CT molecular complexity index is 412. The molecule has 6 heteroatoms. The van der Waals surface area contributed by atoms with Crippen molar-refractivity contribution >= 4 is 28.3 Å². The third-order valence-electron chi connectivity index (χ3n) is 2.27. The van der Waals surface area contributed by atoms with Gasteiger partial charge >= 0.3 is 0 Å². The van der Waals surface area contributed by atoms with E-state index >= 15 is 0 Å². The van der Waals surface area contributed by atoms with Crippen molar-refractivity contribution in [1.82, 2.24) is 0 Å². The number of hydrogen-bond donors (Lipinski definition) is 4. The molecule has 0 radical (unpaired) electrons. The molecular formula is C11H16N2O3S. The van der Waals surface area contributed by atoms with Crippen LogP contribution in [0.25, 0.3) is 0 Å². The molecule has 1 aromatic rings. The van der Waals surface area contributed by atoms with E-state index in [4.69, 9.17) is 11.5 Å². The molecule has 0 spiro atoms. The number of aliphatic hydroxyl groups excluding tert-OH is 2. The van der Waals surface area contributed by atoms with Crippen molar-refractivity contribution in [3.05, 3.63) is 23.8 Å². The molecule has 94 valence electrons. The van der Waals surface area contributed by atoms with Crippen LogP contribution in [0.3, 0.4) is 0 Å². The zero-order valence-corrected chi connectivity index (χ0v) is 10.3. The van der Waals surface area contributed by atoms with E-state index < -0.39 is 12.2 Å². The van der Waals surface area contributed by atoms with Gasteiger partial charge in [0.15, 0.2) is 5.12 Å². The van der Waals surface area contributed by atoms with Crippen LogP contribution in [0.4, 0.5) is 11.4 Å². The molecule has 5 nitrogen and oxygen atoms in total. The number of hydrogen-bond acceptors (Lipinski definition) is 6. The molecular weight excluding hydrogens is 240 g/mol. The Morgan fingerprint density at radius 3 is 2.53 bits per heavy atom. The van der Waals surface area contributed by atoms with Crippen LogP contribution in [0.1, 0.15) is 18.6 Å². The molecule has 6 N–H and O–H groups in total. The summed E-state index contributed by atoms with van der Waals surface area (Å²) in [6, 6.07) is 4.68. The first kappa shape index (κ1) is 13.8. The van der Waals surface area contributed by atoms with E-state index in [1.165, 1.54) is 13.0 Å². The summed E-state index contributed by atoms with van der Waals surface area (Å²) >= 11 is 0.965. The number of aliphatic hydroxyl groups is 2. The lowest BCUT2D eigenvalue weighted by atomic mass is 10.0. The Kier molecular flexibility index (Phi) is 4.80. The van der Waals surface area contributed by atoms with E-state index in [0.29, 0.717) is 16.9 Å². The predicted molar refractivity (Wildman–Crippen MR) is 69.4 cm³/mol. The molecule has 1 rings (SSSR count). The fourth-order valence-electron chi connectivity index (χ4n) is 1.29. The zero-order chi connectivity index (χ0) is 13.0. The van der Waals surface area contributed by atoms with Crippen LogP contribution in [-0.4, -0.2) is 27.2 Å². The van der Waals surface area contributed by atoms with Crippen LogP contribution in [0.2, 0.25) is 0 Å². The highest BCUT2D eigenvalue weighted by atomic mass is 32.2. The lowest BCUT2D eigenvalue weighted by Gasteiger charge is -2.18. The summed E-state index contributed by atoms with van der Waals surface area (Å²) in [5, 5.41) is 19.4. The van der Waals surface area contributed by atoms with Gasteiger partial charge in [-0.15, -0.1) is 0 Å². The van der Waals surface area contributed by atoms with Crippen LogP contribution in [0.5, 0.6) is 0 Å². The highest BCUT2D eigenvalue weighted by molar-refractivity contribution is 8.13. The van der Waals surface area contributed by atoms with Crippen molar-refractivity contribution in [2.45, 2.75) is 19.1 Å². The van der Waals surface area contributed by atoms with E-state index in [-0.39, 0.29) is 10.9 Å². The average molecular weight is 256 g/mol. The highest BCUT2D eigenvalue weighted by Crippen LogP contribution is 2.24. The zero-order valence-electron chi connectivity index (χ0n) is 9.46. The van der Waals surface area contributed by atoms with Crippen LogP contribution >= 0.6 is 11.8 Å². The number of rotatable bonds is 4. The molecule has 2 atom stereocenters. The van der Waals surface area contributed by atoms with E-state index in [1.807, 2.05) is 0 Å². The summed E-state index contributed by atoms with van der Waals surface area (Å²) in [5.41, 5.74) is 12.4. The number of thioether (sulfide) groups is 1. The molecule has 0 aliphatic rings. The van der Waals surface area contributed by atoms with Crippen molar-refractivity contribution in [2.75, 3.05) is 17.2 Å². The van der Waals surface area contributed by atoms with Crippen molar-refractivity contribution in [3.8, 4) is 0 Å². The smallest absolute Gasteiger partial charge is 0.185 e. The monoisotopic (exact) mass is 256 g/mol. The molecule has 0 bridgehead atoms. The van der Waals surface area contributed by atoms with E-state index in [2.05, 4.69) is 0 Å². The lowest BCUT2D eigenvalue weighted by molar-refractivity contribution is -0.109. The second kappa shape index (κ2) is 5.90. The van der Waals surface area contributed by atoms with Gasteiger partial charge in [0, 0.05) is 12.7 Å². The van der Waals surface area contributed by atoms with Crippen molar-refractivity contribution in [2.24, 2.45) is 0 Å². The summed E-state index contributed by atoms with van der Waals surface area (Å²) in [6.45, 7) is 1.41. The average Bonchev–Trinajstić information content (AvgIpc) is 2.28. The minimum Gasteiger partial charge on any atom is -0.397 e. The SMILES string of the molecule is CC(=O)SCC(O)C(O)c1ccc(N)c(N)c1. The summed E-state index contributed by atoms with van der Waals surface area (Å²) in [5.74, 6) is 0.140. The third kappa shape index (κ3) is 3.92. The molecule has 0 fully saturated rings. The molecule has 17 heavy (non-hydrogen) atoms. The minimum absolute atomic E-state index is 0.104. The fourth-order valence-corrected chi connectivity index (χ4v) is 1.88. The molecule has 0 amide bonds. The first-order valence-electron chi connectivity index (χ1n) is 5.06. The molecule has 0 saturated carbocycles. The van der Waals surface area contributed by atoms with Gasteiger partial charge in [-0.05, 0) is 17.7 Å². The van der Waals surface area contributed by atoms with Crippen LogP contribution in [0, 0.1) is 0 Å². The maximum absolute atomic E-state index is 10.7. The number of anilines is 2. The van der Waals surface area contributed by atoms with Gasteiger partial charge in [-0.2, -0.15) is 0 Å². The van der Waals surface area contributed by atoms with E-state index in [0.717, 1.165) is 11.8 Å². The van der Waals surface area contributed by atoms with Gasteiger partial charge in [0.1, 0.15) is 6.10 Å². The molecule has 0 aliphatic heterocycles. The Balaban J connectivity index is 2.70. The Morgan fingerprint density at radius 1 is 1.35 bits per heavy atom. The third-order valence-corrected chi connectivity index (χ3v) is 3.19. The standard InChI is InChI=1S/C11H16N2O3S/c1-6(14)17-5-10(15)11(16)7-2-3-8(12)9(13)4-7/h2-4,10-11,15-16H,5,12-13H2,1H3. The minimum atomic E-state index is -1.08. The van der Waals surface area contributed by atoms with Gasteiger partial charge in [0.05, 0.1) is 17.5 Å². The Morgan fingerprint density at radius 2 is 2.00 bits per heavy atom. The van der Waals surface area contributed by atoms with Crippen molar-refractivity contribution in [1.29, 1.82) is 0 Å². The second-order valence-electron chi connectivity index (χ2n) is 3.70. The number of benzene rings is 1. The maximum atomic E-state index is 10.7. The first-order chi connectivity index (χ1) is 7.91. The first-order valence-corrected chi connectivity index (χ1v) is 6.04. The normalized spacial score (nSPS) is 14.3. The second-order valence-corrected chi connectivity index (χ2v) is 4.90. The Labute approximate surface area is 104 Å². The summed E-state index contributed by atoms with van der Waals surface area (Å²) in [6.07, 6.45) is -2.10. The van der Waals surface area contributed by atoms with E-state index in [1.54, 1.807) is 12.1 Å². The topological polar surface area (TPSA) is 110 Å². The molecule has 2 unspecified atom stereocenters. The van der Waals surface area contributed by atoms with Crippen LogP contribution in [0.15, 0.2) is 18.2 Å². The maximum Gasteiger partial charge on any atom is 0.185 e. The molecule has 0 aliphatic carbocycles. The number of nitrogens with two attached hydrogens (primary N) is 2. The van der Waals surface area contributed by atoms with E-state index in [9.17, 15) is 15.0 Å². The largest absolute Gasteiger partial charge is 0.397 e. The molecule has 1 aromatic carbocycles. The van der Waals surface area contributed by atoms with Gasteiger partial charge in [0.25, 0.3) is 0 Å². The Hall–Kier alpha value is -1.24. The predicted octanol–water partition coefficient (Wildman–Crippen LogP) is 0.525. The number of nitrogen functional groups attached to an aromatic ring is 2. The summed E-state index contributed by atoms with van der Waals surface area (Å²) in [4.78, 5) is 10.7. The number of carbonyl (C=O) groups excluding carboxylic acids is 1. The van der Waals surface area contributed by atoms with Gasteiger partial charge in [-0.3, -0.25) is 4.79 Å². The quantitative estimate of drug-likeness (QED) is 0.585. The highest BCUT2D eigenvalue weighted by Gasteiger charge is 2.19. The number of carbonyl (C=O) groups is 1. The fraction of sp³-hybridized carbons (Fsp3) is 0.364. The van der Waals surface area contributed by atoms with Gasteiger partial charge in [-0.25, -0.2) is 0 Å². The van der Waals surface area contributed by atoms with Crippen LogP contribution < -0.4 is 11.5 Å². The van der Waals surface area contributed by atoms with Crippen molar-refractivity contribution < 1.29 is 15.0 Å². The summed E-state index contributed by atoms with van der Waals surface area (Å²) < 4.78 is 0. The van der Waals surface area contributed by atoms with Crippen LogP contribution in [-0.2, 0) is 4.79 Å². The summed E-state index contributed by atoms with van der Waals surface area (Å²) in [7, 11) is 0. The van der Waals surface area contributed by atoms with Gasteiger partial charge in [0.2, 0.25) is 0 Å². The molecule has 0 heterocycles. The van der Waals surface area contributed by atoms with Gasteiger partial charge in [-0.1, -0.05) is 17.8 Å². The van der Waals surface area contributed by atoms with Crippen molar-refractivity contribution in [3.63, 3.8) is 0 Å². The van der Waals surface area contributed by atoms with Gasteiger partial charge < -0.3 is 21.7 Å².